The molecule has 3 heterocycles. The van der Waals surface area contributed by atoms with Gasteiger partial charge in [-0.15, -0.1) is 11.3 Å². The van der Waals surface area contributed by atoms with E-state index in [-0.39, 0.29) is 18.3 Å². The van der Waals surface area contributed by atoms with Crippen molar-refractivity contribution < 1.29 is 9.31 Å². The number of fused-ring (bicyclic) bond motifs is 1. The average molecular weight is 275 g/mol. The lowest BCUT2D eigenvalue weighted by Gasteiger charge is -2.32. The zero-order valence-electron chi connectivity index (χ0n) is 12.0. The first-order valence-corrected chi connectivity index (χ1v) is 7.37. The van der Waals surface area contributed by atoms with Crippen LogP contribution in [-0.2, 0) is 9.31 Å². The van der Waals surface area contributed by atoms with E-state index in [4.69, 9.17) is 9.31 Å². The maximum absolute atomic E-state index is 6.10. The highest BCUT2D eigenvalue weighted by atomic mass is 32.1. The molecule has 0 aliphatic carbocycles. The predicted molar refractivity (Wildman–Crippen MR) is 80.1 cm³/mol. The van der Waals surface area contributed by atoms with Crippen molar-refractivity contribution in [2.75, 3.05) is 0 Å². The fourth-order valence-electron chi connectivity index (χ4n) is 2.19. The Morgan fingerprint density at radius 2 is 1.79 bits per heavy atom. The van der Waals surface area contributed by atoms with Crippen LogP contribution < -0.4 is 5.46 Å². The molecule has 3 rings (SSSR count). The summed E-state index contributed by atoms with van der Waals surface area (Å²) < 4.78 is 13.4. The number of aryl methyl sites for hydroxylation is 1. The SMILES string of the molecule is Cc1cc2scc(B3OC(C)(C)C(C)(C)O3)c2cn1. The minimum Gasteiger partial charge on any atom is -0.399 e. The van der Waals surface area contributed by atoms with Gasteiger partial charge in [0.1, 0.15) is 0 Å². The third-order valence-electron chi connectivity index (χ3n) is 4.13. The summed E-state index contributed by atoms with van der Waals surface area (Å²) in [6, 6.07) is 2.11. The molecular weight excluding hydrogens is 257 g/mol. The number of thiophene rings is 1. The Morgan fingerprint density at radius 3 is 2.42 bits per heavy atom. The van der Waals surface area contributed by atoms with Crippen LogP contribution in [0.2, 0.25) is 0 Å². The molecule has 5 heteroatoms. The quantitative estimate of drug-likeness (QED) is 0.750. The van der Waals surface area contributed by atoms with Gasteiger partial charge in [-0.05, 0) is 46.1 Å². The van der Waals surface area contributed by atoms with Gasteiger partial charge in [-0.3, -0.25) is 4.98 Å². The third kappa shape index (κ3) is 2.00. The Labute approximate surface area is 118 Å². The molecule has 2 aromatic heterocycles. The van der Waals surface area contributed by atoms with E-state index in [1.165, 1.54) is 4.70 Å². The van der Waals surface area contributed by atoms with Crippen molar-refractivity contribution in [1.29, 1.82) is 0 Å². The molecule has 0 atom stereocenters. The molecule has 0 unspecified atom stereocenters. The summed E-state index contributed by atoms with van der Waals surface area (Å²) in [5, 5.41) is 3.25. The fourth-order valence-corrected chi connectivity index (χ4v) is 3.22. The zero-order chi connectivity index (χ0) is 13.8. The Balaban J connectivity index is 2.03. The molecule has 0 amide bonds. The van der Waals surface area contributed by atoms with Crippen molar-refractivity contribution in [3.05, 3.63) is 23.3 Å². The highest BCUT2D eigenvalue weighted by Gasteiger charge is 2.52. The van der Waals surface area contributed by atoms with Gasteiger partial charge in [-0.1, -0.05) is 0 Å². The Bertz CT molecular complexity index is 619. The topological polar surface area (TPSA) is 31.4 Å². The second kappa shape index (κ2) is 4.04. The monoisotopic (exact) mass is 275 g/mol. The lowest BCUT2D eigenvalue weighted by molar-refractivity contribution is 0.00578. The van der Waals surface area contributed by atoms with E-state index < -0.39 is 0 Å². The van der Waals surface area contributed by atoms with Crippen LogP contribution in [0.3, 0.4) is 0 Å². The van der Waals surface area contributed by atoms with Crippen molar-refractivity contribution in [1.82, 2.24) is 4.98 Å². The summed E-state index contributed by atoms with van der Waals surface area (Å²) in [5.41, 5.74) is 1.52. The highest BCUT2D eigenvalue weighted by molar-refractivity contribution is 7.18. The van der Waals surface area contributed by atoms with Gasteiger partial charge in [0.2, 0.25) is 0 Å². The average Bonchev–Trinajstić information content (AvgIpc) is 2.77. The van der Waals surface area contributed by atoms with Crippen molar-refractivity contribution in [3.8, 4) is 0 Å². The molecule has 2 aromatic rings. The number of hydrogen-bond acceptors (Lipinski definition) is 4. The molecule has 0 N–H and O–H groups in total. The van der Waals surface area contributed by atoms with Crippen LogP contribution in [0.4, 0.5) is 0 Å². The van der Waals surface area contributed by atoms with Gasteiger partial charge in [0.25, 0.3) is 0 Å². The number of pyridine rings is 1. The van der Waals surface area contributed by atoms with Crippen molar-refractivity contribution in [3.63, 3.8) is 0 Å². The largest absolute Gasteiger partial charge is 0.496 e. The zero-order valence-corrected chi connectivity index (χ0v) is 12.8. The van der Waals surface area contributed by atoms with Gasteiger partial charge in [0, 0.05) is 27.4 Å². The standard InChI is InChI=1S/C14H18BNO2S/c1-9-6-12-10(7-16-9)11(8-19-12)15-17-13(2,3)14(4,5)18-15/h6-8H,1-5H3. The van der Waals surface area contributed by atoms with E-state index in [2.05, 4.69) is 44.1 Å². The van der Waals surface area contributed by atoms with Gasteiger partial charge in [0.15, 0.2) is 0 Å². The maximum atomic E-state index is 6.10. The molecule has 19 heavy (non-hydrogen) atoms. The van der Waals surface area contributed by atoms with Gasteiger partial charge in [0.05, 0.1) is 11.2 Å². The van der Waals surface area contributed by atoms with Crippen LogP contribution in [0.25, 0.3) is 10.1 Å². The fraction of sp³-hybridized carbons (Fsp3) is 0.500. The molecule has 3 nitrogen and oxygen atoms in total. The number of hydrogen-bond donors (Lipinski definition) is 0. The van der Waals surface area contributed by atoms with E-state index >= 15 is 0 Å². The second-order valence-corrected chi connectivity index (χ2v) is 7.01. The Morgan fingerprint density at radius 1 is 1.16 bits per heavy atom. The van der Waals surface area contributed by atoms with E-state index in [9.17, 15) is 0 Å². The van der Waals surface area contributed by atoms with E-state index in [0.717, 1.165) is 16.5 Å². The third-order valence-corrected chi connectivity index (χ3v) is 5.10. The summed E-state index contributed by atoms with van der Waals surface area (Å²) >= 11 is 1.72. The second-order valence-electron chi connectivity index (χ2n) is 6.10. The van der Waals surface area contributed by atoms with Crippen LogP contribution in [0.5, 0.6) is 0 Å². The number of aromatic nitrogens is 1. The number of nitrogens with zero attached hydrogens (tertiary/aromatic N) is 1. The molecule has 1 saturated heterocycles. The molecule has 0 spiro atoms. The normalized spacial score (nSPS) is 21.2. The lowest BCUT2D eigenvalue weighted by atomic mass is 9.79. The van der Waals surface area contributed by atoms with Crippen molar-refractivity contribution in [2.45, 2.75) is 45.8 Å². The first-order chi connectivity index (χ1) is 8.80. The van der Waals surface area contributed by atoms with Crippen molar-refractivity contribution in [2.24, 2.45) is 0 Å². The predicted octanol–water partition coefficient (Wildman–Crippen LogP) is 2.90. The molecule has 1 aliphatic heterocycles. The summed E-state index contributed by atoms with van der Waals surface area (Å²) in [6.45, 7) is 10.3. The maximum Gasteiger partial charge on any atom is 0.496 e. The van der Waals surface area contributed by atoms with E-state index in [1.807, 2.05) is 13.1 Å². The van der Waals surface area contributed by atoms with Gasteiger partial charge < -0.3 is 9.31 Å². The lowest BCUT2D eigenvalue weighted by Crippen LogP contribution is -2.41. The minimum absolute atomic E-state index is 0.302. The summed E-state index contributed by atoms with van der Waals surface area (Å²) in [7, 11) is -0.303. The van der Waals surface area contributed by atoms with Crippen LogP contribution in [0.15, 0.2) is 17.6 Å². The molecule has 1 aliphatic rings. The summed E-state index contributed by atoms with van der Waals surface area (Å²) in [4.78, 5) is 4.38. The van der Waals surface area contributed by atoms with Crippen LogP contribution in [-0.4, -0.2) is 23.3 Å². The minimum atomic E-state index is -0.303. The van der Waals surface area contributed by atoms with Gasteiger partial charge in [-0.2, -0.15) is 0 Å². The summed E-state index contributed by atoms with van der Waals surface area (Å²) in [5.74, 6) is 0. The summed E-state index contributed by atoms with van der Waals surface area (Å²) in [6.07, 6.45) is 1.92. The number of rotatable bonds is 1. The first kappa shape index (κ1) is 13.1. The Hall–Kier alpha value is -0.905. The van der Waals surface area contributed by atoms with Crippen LogP contribution in [0.1, 0.15) is 33.4 Å². The first-order valence-electron chi connectivity index (χ1n) is 6.49. The van der Waals surface area contributed by atoms with Gasteiger partial charge in [-0.25, -0.2) is 0 Å². The molecular formula is C14H18BNO2S. The van der Waals surface area contributed by atoms with Crippen molar-refractivity contribution >= 4 is 34.0 Å². The Kier molecular flexibility index (Phi) is 2.79. The molecule has 0 bridgehead atoms. The smallest absolute Gasteiger partial charge is 0.399 e. The van der Waals surface area contributed by atoms with Crippen LogP contribution in [0, 0.1) is 6.92 Å². The molecule has 0 aromatic carbocycles. The van der Waals surface area contributed by atoms with Gasteiger partial charge >= 0.3 is 7.12 Å². The molecule has 100 valence electrons. The molecule has 1 fully saturated rings. The van der Waals surface area contributed by atoms with E-state index in [1.54, 1.807) is 11.3 Å². The molecule has 0 radical (unpaired) electrons. The van der Waals surface area contributed by atoms with Crippen LogP contribution >= 0.6 is 11.3 Å². The highest BCUT2D eigenvalue weighted by Crippen LogP contribution is 2.37. The van der Waals surface area contributed by atoms with E-state index in [0.29, 0.717) is 0 Å². The molecule has 0 saturated carbocycles.